The molecule has 6 nitrogen and oxygen atoms in total. The second-order valence-electron chi connectivity index (χ2n) is 5.71. The van der Waals surface area contributed by atoms with Crippen LogP contribution in [0, 0.1) is 0 Å². The molecule has 122 valence electrons. The maximum Gasteiger partial charge on any atom is 0.311 e. The van der Waals surface area contributed by atoms with Crippen LogP contribution in [-0.4, -0.2) is 31.1 Å². The SMILES string of the molecule is COc1ccc2c(CC(=O)O[C@@H](C)C(=O)NC3CC3)coc2c1. The summed E-state index contributed by atoms with van der Waals surface area (Å²) >= 11 is 0. The topological polar surface area (TPSA) is 77.8 Å². The largest absolute Gasteiger partial charge is 0.497 e. The van der Waals surface area contributed by atoms with Gasteiger partial charge in [-0.3, -0.25) is 9.59 Å². The van der Waals surface area contributed by atoms with Gasteiger partial charge >= 0.3 is 5.97 Å². The van der Waals surface area contributed by atoms with E-state index >= 15 is 0 Å². The standard InChI is InChI=1S/C17H19NO5/c1-10(17(20)18-12-3-4-12)23-16(19)7-11-9-22-15-8-13(21-2)5-6-14(11)15/h5-6,8-10,12H,3-4,7H2,1-2H3,(H,18,20)/t10-/m0/s1. The Balaban J connectivity index is 1.62. The lowest BCUT2D eigenvalue weighted by atomic mass is 10.1. The molecule has 1 amide bonds. The number of nitrogens with one attached hydrogen (secondary N) is 1. The number of fused-ring (bicyclic) bond motifs is 1. The maximum absolute atomic E-state index is 12.0. The first kappa shape index (κ1) is 15.4. The zero-order valence-electron chi connectivity index (χ0n) is 13.1. The molecule has 0 saturated heterocycles. The summed E-state index contributed by atoms with van der Waals surface area (Å²) in [5.74, 6) is -0.0176. The summed E-state index contributed by atoms with van der Waals surface area (Å²) < 4.78 is 15.8. The first-order valence-corrected chi connectivity index (χ1v) is 7.61. The van der Waals surface area contributed by atoms with Crippen molar-refractivity contribution in [2.24, 2.45) is 0 Å². The highest BCUT2D eigenvalue weighted by Gasteiger charge is 2.27. The molecule has 1 heterocycles. The first-order valence-electron chi connectivity index (χ1n) is 7.61. The van der Waals surface area contributed by atoms with E-state index in [2.05, 4.69) is 5.32 Å². The van der Waals surface area contributed by atoms with Gasteiger partial charge in [-0.25, -0.2) is 0 Å². The average molecular weight is 317 g/mol. The summed E-state index contributed by atoms with van der Waals surface area (Å²) in [6.07, 6.45) is 2.79. The fraction of sp³-hybridized carbons (Fsp3) is 0.412. The van der Waals surface area contributed by atoms with Crippen LogP contribution in [0.15, 0.2) is 28.9 Å². The number of rotatable bonds is 6. The Morgan fingerprint density at radius 3 is 2.87 bits per heavy atom. The lowest BCUT2D eigenvalue weighted by Crippen LogP contribution is -2.37. The summed E-state index contributed by atoms with van der Waals surface area (Å²) in [6, 6.07) is 5.65. The predicted molar refractivity (Wildman–Crippen MR) is 83.2 cm³/mol. The van der Waals surface area contributed by atoms with Crippen molar-refractivity contribution in [3.05, 3.63) is 30.0 Å². The summed E-state index contributed by atoms with van der Waals surface area (Å²) in [5, 5.41) is 3.64. The molecule has 1 aliphatic rings. The van der Waals surface area contributed by atoms with E-state index in [1.54, 1.807) is 26.2 Å². The monoisotopic (exact) mass is 317 g/mol. The summed E-state index contributed by atoms with van der Waals surface area (Å²) in [4.78, 5) is 23.8. The molecule has 2 aromatic rings. The van der Waals surface area contributed by atoms with E-state index in [1.165, 1.54) is 6.26 Å². The number of benzene rings is 1. The van der Waals surface area contributed by atoms with Gasteiger partial charge in [-0.15, -0.1) is 0 Å². The molecule has 1 atom stereocenters. The number of ether oxygens (including phenoxy) is 2. The van der Waals surface area contributed by atoms with Crippen LogP contribution in [0.25, 0.3) is 11.0 Å². The van der Waals surface area contributed by atoms with Gasteiger partial charge < -0.3 is 19.2 Å². The second-order valence-corrected chi connectivity index (χ2v) is 5.71. The zero-order chi connectivity index (χ0) is 16.4. The van der Waals surface area contributed by atoms with Crippen LogP contribution >= 0.6 is 0 Å². The Labute approximate surface area is 133 Å². The molecule has 0 radical (unpaired) electrons. The molecule has 23 heavy (non-hydrogen) atoms. The number of hydrogen-bond donors (Lipinski definition) is 1. The van der Waals surface area contributed by atoms with Crippen molar-refractivity contribution < 1.29 is 23.5 Å². The van der Waals surface area contributed by atoms with Crippen LogP contribution in [0.4, 0.5) is 0 Å². The Hall–Kier alpha value is -2.50. The van der Waals surface area contributed by atoms with Gasteiger partial charge in [-0.05, 0) is 31.9 Å². The molecule has 3 rings (SSSR count). The zero-order valence-corrected chi connectivity index (χ0v) is 13.1. The quantitative estimate of drug-likeness (QED) is 0.826. The van der Waals surface area contributed by atoms with Gasteiger partial charge in [0.1, 0.15) is 11.3 Å². The number of amides is 1. The van der Waals surface area contributed by atoms with Crippen molar-refractivity contribution in [2.75, 3.05) is 7.11 Å². The minimum atomic E-state index is -0.790. The van der Waals surface area contributed by atoms with Gasteiger partial charge in [0.15, 0.2) is 6.10 Å². The Morgan fingerprint density at radius 2 is 2.17 bits per heavy atom. The van der Waals surface area contributed by atoms with Crippen molar-refractivity contribution >= 4 is 22.8 Å². The van der Waals surface area contributed by atoms with Gasteiger partial charge in [0, 0.05) is 23.1 Å². The molecule has 1 saturated carbocycles. The van der Waals surface area contributed by atoms with E-state index in [0.717, 1.165) is 23.8 Å². The number of furan rings is 1. The highest BCUT2D eigenvalue weighted by molar-refractivity contribution is 5.88. The normalized spacial score (nSPS) is 15.2. The number of methoxy groups -OCH3 is 1. The third kappa shape index (κ3) is 3.64. The first-order chi connectivity index (χ1) is 11.1. The van der Waals surface area contributed by atoms with Gasteiger partial charge in [-0.2, -0.15) is 0 Å². The van der Waals surface area contributed by atoms with Crippen LogP contribution in [0.1, 0.15) is 25.3 Å². The van der Waals surface area contributed by atoms with E-state index in [1.807, 2.05) is 6.07 Å². The molecule has 0 bridgehead atoms. The predicted octanol–water partition coefficient (Wildman–Crippen LogP) is 2.19. The molecule has 6 heteroatoms. The molecule has 0 unspecified atom stereocenters. The maximum atomic E-state index is 12.0. The number of esters is 1. The Bertz CT molecular complexity index is 732. The van der Waals surface area contributed by atoms with Crippen molar-refractivity contribution in [2.45, 2.75) is 38.3 Å². The average Bonchev–Trinajstić information content (AvgIpc) is 3.26. The van der Waals surface area contributed by atoms with Crippen molar-refractivity contribution in [3.8, 4) is 5.75 Å². The fourth-order valence-electron chi connectivity index (χ4n) is 2.32. The van der Waals surface area contributed by atoms with Crippen LogP contribution < -0.4 is 10.1 Å². The lowest BCUT2D eigenvalue weighted by molar-refractivity contribution is -0.154. The van der Waals surface area contributed by atoms with E-state index in [9.17, 15) is 9.59 Å². The molecule has 0 spiro atoms. The van der Waals surface area contributed by atoms with Gasteiger partial charge in [0.2, 0.25) is 0 Å². The minimum absolute atomic E-state index is 0.0559. The Morgan fingerprint density at radius 1 is 1.39 bits per heavy atom. The van der Waals surface area contributed by atoms with Crippen LogP contribution in [0.2, 0.25) is 0 Å². The molecule has 1 N–H and O–H groups in total. The van der Waals surface area contributed by atoms with E-state index < -0.39 is 12.1 Å². The second kappa shape index (κ2) is 6.32. The molecule has 1 aromatic carbocycles. The molecule has 1 fully saturated rings. The molecule has 0 aliphatic heterocycles. The number of carbonyl (C=O) groups is 2. The highest BCUT2D eigenvalue weighted by atomic mass is 16.5. The van der Waals surface area contributed by atoms with E-state index in [0.29, 0.717) is 11.3 Å². The van der Waals surface area contributed by atoms with Crippen molar-refractivity contribution in [3.63, 3.8) is 0 Å². The molecular weight excluding hydrogens is 298 g/mol. The van der Waals surface area contributed by atoms with Crippen LogP contribution in [-0.2, 0) is 20.7 Å². The summed E-state index contributed by atoms with van der Waals surface area (Å²) in [6.45, 7) is 1.58. The van der Waals surface area contributed by atoms with Gasteiger partial charge in [0.25, 0.3) is 5.91 Å². The van der Waals surface area contributed by atoms with Crippen molar-refractivity contribution in [1.82, 2.24) is 5.32 Å². The molecule has 1 aliphatic carbocycles. The van der Waals surface area contributed by atoms with E-state index in [-0.39, 0.29) is 18.4 Å². The highest BCUT2D eigenvalue weighted by Crippen LogP contribution is 2.26. The Kier molecular flexibility index (Phi) is 4.23. The van der Waals surface area contributed by atoms with E-state index in [4.69, 9.17) is 13.9 Å². The van der Waals surface area contributed by atoms with Crippen LogP contribution in [0.3, 0.4) is 0 Å². The fourth-order valence-corrected chi connectivity index (χ4v) is 2.32. The van der Waals surface area contributed by atoms with Gasteiger partial charge in [0.05, 0.1) is 19.8 Å². The third-order valence-corrected chi connectivity index (χ3v) is 3.80. The molecular formula is C17H19NO5. The summed E-state index contributed by atoms with van der Waals surface area (Å²) in [7, 11) is 1.58. The van der Waals surface area contributed by atoms with Crippen molar-refractivity contribution in [1.29, 1.82) is 0 Å². The van der Waals surface area contributed by atoms with Gasteiger partial charge in [-0.1, -0.05) is 0 Å². The number of hydrogen-bond acceptors (Lipinski definition) is 5. The number of carbonyl (C=O) groups excluding carboxylic acids is 2. The third-order valence-electron chi connectivity index (χ3n) is 3.80. The lowest BCUT2D eigenvalue weighted by Gasteiger charge is -2.12. The smallest absolute Gasteiger partial charge is 0.311 e. The summed E-state index contributed by atoms with van der Waals surface area (Å²) in [5.41, 5.74) is 1.37. The molecule has 1 aromatic heterocycles. The van der Waals surface area contributed by atoms with Crippen LogP contribution in [0.5, 0.6) is 5.75 Å². The minimum Gasteiger partial charge on any atom is -0.497 e.